The van der Waals surface area contributed by atoms with Gasteiger partial charge in [0.2, 0.25) is 5.91 Å². The van der Waals surface area contributed by atoms with E-state index in [1.165, 1.54) is 18.3 Å². The second-order valence-electron chi connectivity index (χ2n) is 5.08. The predicted octanol–water partition coefficient (Wildman–Crippen LogP) is 1.98. The number of carbonyl (C=O) groups is 1. The summed E-state index contributed by atoms with van der Waals surface area (Å²) in [6, 6.07) is 9.27. The molecule has 1 N–H and O–H groups in total. The molecule has 0 bridgehead atoms. The highest BCUT2D eigenvalue weighted by atomic mass is 32.2. The van der Waals surface area contributed by atoms with E-state index in [-0.39, 0.29) is 0 Å². The lowest BCUT2D eigenvalue weighted by Gasteiger charge is -2.07. The molecule has 2 rings (SSSR count). The number of thiazole rings is 1. The van der Waals surface area contributed by atoms with E-state index in [4.69, 9.17) is 5.26 Å². The molecule has 0 radical (unpaired) electrons. The zero-order valence-electron chi connectivity index (χ0n) is 12.6. The van der Waals surface area contributed by atoms with E-state index in [9.17, 15) is 13.2 Å². The van der Waals surface area contributed by atoms with E-state index in [0.29, 0.717) is 17.1 Å². The Bertz CT molecular complexity index is 849. The number of nitrogens with zero attached hydrogens (tertiary/aromatic N) is 2. The topological polar surface area (TPSA) is 99.9 Å². The molecule has 0 aliphatic heterocycles. The van der Waals surface area contributed by atoms with Crippen LogP contribution in [-0.2, 0) is 21.1 Å². The molecule has 0 spiro atoms. The average Bonchev–Trinajstić information content (AvgIpc) is 2.93. The van der Waals surface area contributed by atoms with E-state index >= 15 is 0 Å². The molecular formula is C15H15N3O3S2. The summed E-state index contributed by atoms with van der Waals surface area (Å²) in [5, 5.41) is 10.5. The minimum Gasteiger partial charge on any atom is -0.301 e. The summed E-state index contributed by atoms with van der Waals surface area (Å²) in [5.74, 6) is -0.591. The summed E-state index contributed by atoms with van der Waals surface area (Å²) in [7, 11) is -3.43. The number of nitrogens with one attached hydrogen (secondary N) is 1. The first-order valence-corrected chi connectivity index (χ1v) is 9.50. The first kappa shape index (κ1) is 17.1. The Morgan fingerprint density at radius 1 is 1.39 bits per heavy atom. The number of amides is 1. The largest absolute Gasteiger partial charge is 0.301 e. The van der Waals surface area contributed by atoms with Gasteiger partial charge in [0.05, 0.1) is 11.6 Å². The fraction of sp³-hybridized carbons (Fsp3) is 0.267. The van der Waals surface area contributed by atoms with Crippen molar-refractivity contribution in [3.63, 3.8) is 0 Å². The number of hydrogen-bond donors (Lipinski definition) is 1. The minimum atomic E-state index is -3.43. The monoisotopic (exact) mass is 349 g/mol. The fourth-order valence-electron chi connectivity index (χ4n) is 1.75. The number of aromatic nitrogens is 1. The second kappa shape index (κ2) is 6.89. The highest BCUT2D eigenvalue weighted by molar-refractivity contribution is 7.92. The molecule has 2 aromatic rings. The average molecular weight is 349 g/mol. The maximum absolute atomic E-state index is 11.8. The summed E-state index contributed by atoms with van der Waals surface area (Å²) in [6.45, 7) is 1.34. The first-order chi connectivity index (χ1) is 10.8. The van der Waals surface area contributed by atoms with Crippen molar-refractivity contribution in [2.45, 2.75) is 18.6 Å². The van der Waals surface area contributed by atoms with Crippen molar-refractivity contribution in [1.82, 2.24) is 4.98 Å². The Kier molecular flexibility index (Phi) is 5.13. The number of nitriles is 1. The van der Waals surface area contributed by atoms with Crippen LogP contribution in [0.3, 0.4) is 0 Å². The molecule has 1 atom stereocenters. The van der Waals surface area contributed by atoms with Crippen molar-refractivity contribution in [3.8, 4) is 6.07 Å². The fourth-order valence-corrected chi connectivity index (χ4v) is 3.04. The lowest BCUT2D eigenvalue weighted by molar-refractivity contribution is -0.115. The predicted molar refractivity (Wildman–Crippen MR) is 89.0 cm³/mol. The molecule has 0 aliphatic rings. The Labute approximate surface area is 138 Å². The number of rotatable bonds is 5. The Hall–Kier alpha value is -2.24. The molecule has 0 saturated carbocycles. The van der Waals surface area contributed by atoms with Crippen LogP contribution >= 0.6 is 11.3 Å². The van der Waals surface area contributed by atoms with E-state index in [0.717, 1.165) is 16.7 Å². The van der Waals surface area contributed by atoms with Crippen molar-refractivity contribution in [2.75, 3.05) is 11.6 Å². The highest BCUT2D eigenvalue weighted by Gasteiger charge is 2.24. The van der Waals surface area contributed by atoms with Gasteiger partial charge in [-0.15, -0.1) is 11.3 Å². The summed E-state index contributed by atoms with van der Waals surface area (Å²) < 4.78 is 22.7. The molecule has 1 aromatic heterocycles. The Balaban J connectivity index is 2.03. The highest BCUT2D eigenvalue weighted by Crippen LogP contribution is 2.22. The zero-order valence-corrected chi connectivity index (χ0v) is 14.2. The maximum atomic E-state index is 11.8. The molecule has 6 nitrogen and oxygen atoms in total. The van der Waals surface area contributed by atoms with Crippen molar-refractivity contribution >= 4 is 32.2 Å². The van der Waals surface area contributed by atoms with Crippen LogP contribution in [-0.4, -0.2) is 30.8 Å². The van der Waals surface area contributed by atoms with Gasteiger partial charge in [0.1, 0.15) is 5.25 Å². The van der Waals surface area contributed by atoms with Crippen molar-refractivity contribution < 1.29 is 13.2 Å². The molecule has 0 saturated heterocycles. The van der Waals surface area contributed by atoms with Crippen molar-refractivity contribution in [3.05, 3.63) is 46.5 Å². The van der Waals surface area contributed by atoms with Gasteiger partial charge in [-0.1, -0.05) is 12.1 Å². The third kappa shape index (κ3) is 4.61. The molecule has 1 heterocycles. The van der Waals surface area contributed by atoms with Gasteiger partial charge < -0.3 is 5.32 Å². The standard InChI is InChI=1S/C15H15N3O3S2/c1-10(23(2,20)21)14(19)18-15-17-9-13(22-15)7-11-3-5-12(8-16)6-4-11/h3-6,9-10H,7H2,1-2H3,(H,17,18,19)/t10-/m0/s1. The molecule has 1 amide bonds. The first-order valence-electron chi connectivity index (χ1n) is 6.73. The maximum Gasteiger partial charge on any atom is 0.244 e. The van der Waals surface area contributed by atoms with E-state index in [2.05, 4.69) is 16.4 Å². The summed E-state index contributed by atoms with van der Waals surface area (Å²) in [5.41, 5.74) is 1.62. The quantitative estimate of drug-likeness (QED) is 0.889. The molecule has 0 aliphatic carbocycles. The number of hydrogen-bond acceptors (Lipinski definition) is 6. The number of carbonyl (C=O) groups excluding carboxylic acids is 1. The third-order valence-electron chi connectivity index (χ3n) is 3.26. The van der Waals surface area contributed by atoms with E-state index in [1.54, 1.807) is 18.3 Å². The van der Waals surface area contributed by atoms with Crippen LogP contribution in [0.25, 0.3) is 0 Å². The lowest BCUT2D eigenvalue weighted by Crippen LogP contribution is -2.31. The van der Waals surface area contributed by atoms with Crippen LogP contribution < -0.4 is 5.32 Å². The van der Waals surface area contributed by atoms with Crippen LogP contribution in [0.1, 0.15) is 22.9 Å². The van der Waals surface area contributed by atoms with Gasteiger partial charge in [0.15, 0.2) is 15.0 Å². The van der Waals surface area contributed by atoms with Gasteiger partial charge in [-0.3, -0.25) is 4.79 Å². The summed E-state index contributed by atoms with van der Waals surface area (Å²) in [4.78, 5) is 16.9. The molecule has 0 fully saturated rings. The Morgan fingerprint density at radius 2 is 2.04 bits per heavy atom. The normalized spacial score (nSPS) is 12.4. The van der Waals surface area contributed by atoms with Crippen LogP contribution in [0.5, 0.6) is 0 Å². The van der Waals surface area contributed by atoms with Crippen molar-refractivity contribution in [2.24, 2.45) is 0 Å². The molecular weight excluding hydrogens is 334 g/mol. The molecule has 23 heavy (non-hydrogen) atoms. The number of sulfone groups is 1. The number of benzene rings is 1. The minimum absolute atomic E-state index is 0.370. The smallest absolute Gasteiger partial charge is 0.244 e. The van der Waals surface area contributed by atoms with Crippen molar-refractivity contribution in [1.29, 1.82) is 5.26 Å². The van der Waals surface area contributed by atoms with E-state index < -0.39 is 21.0 Å². The van der Waals surface area contributed by atoms with Crippen LogP contribution in [0, 0.1) is 11.3 Å². The number of anilines is 1. The third-order valence-corrected chi connectivity index (χ3v) is 5.67. The van der Waals surface area contributed by atoms with Gasteiger partial charge >= 0.3 is 0 Å². The summed E-state index contributed by atoms with van der Waals surface area (Å²) in [6.07, 6.45) is 3.29. The van der Waals surface area contributed by atoms with Gasteiger partial charge in [0.25, 0.3) is 0 Å². The second-order valence-corrected chi connectivity index (χ2v) is 8.56. The molecule has 1 aromatic carbocycles. The Morgan fingerprint density at radius 3 is 2.61 bits per heavy atom. The zero-order chi connectivity index (χ0) is 17.0. The van der Waals surface area contributed by atoms with Gasteiger partial charge in [-0.25, -0.2) is 13.4 Å². The van der Waals surface area contributed by atoms with Crippen LogP contribution in [0.4, 0.5) is 5.13 Å². The van der Waals surface area contributed by atoms with Crippen LogP contribution in [0.15, 0.2) is 30.5 Å². The van der Waals surface area contributed by atoms with Gasteiger partial charge in [0, 0.05) is 23.8 Å². The lowest BCUT2D eigenvalue weighted by atomic mass is 10.1. The molecule has 120 valence electrons. The van der Waals surface area contributed by atoms with Gasteiger partial charge in [-0.2, -0.15) is 5.26 Å². The molecule has 0 unspecified atom stereocenters. The molecule has 8 heteroatoms. The van der Waals surface area contributed by atoms with Crippen LogP contribution in [0.2, 0.25) is 0 Å². The van der Waals surface area contributed by atoms with Gasteiger partial charge in [-0.05, 0) is 24.6 Å². The SMILES string of the molecule is C[C@@H](C(=O)Nc1ncc(Cc2ccc(C#N)cc2)s1)S(C)(=O)=O. The summed E-state index contributed by atoms with van der Waals surface area (Å²) >= 11 is 1.29. The van der Waals surface area contributed by atoms with E-state index in [1.807, 2.05) is 12.1 Å².